The number of aryl methyl sites for hydroxylation is 1. The zero-order chi connectivity index (χ0) is 21.1. The first-order valence-corrected chi connectivity index (χ1v) is 9.63. The third-order valence-electron chi connectivity index (χ3n) is 4.80. The van der Waals surface area contributed by atoms with Crippen LogP contribution in [0.25, 0.3) is 28.0 Å². The number of pyridine rings is 2. The summed E-state index contributed by atoms with van der Waals surface area (Å²) in [6.45, 7) is 2.63. The second kappa shape index (κ2) is 8.30. The van der Waals surface area contributed by atoms with Gasteiger partial charge >= 0.3 is 6.09 Å². The maximum Gasteiger partial charge on any atom is 0.404 e. The van der Waals surface area contributed by atoms with Crippen molar-refractivity contribution in [3.05, 3.63) is 71.7 Å². The zero-order valence-corrected chi connectivity index (χ0v) is 16.5. The van der Waals surface area contributed by atoms with Gasteiger partial charge in [-0.25, -0.2) is 14.5 Å². The van der Waals surface area contributed by atoms with Gasteiger partial charge in [-0.1, -0.05) is 12.1 Å². The molecule has 4 rings (SSSR count). The van der Waals surface area contributed by atoms with Crippen LogP contribution in [0.5, 0.6) is 0 Å². The van der Waals surface area contributed by atoms with Crippen LogP contribution in [-0.2, 0) is 13.0 Å². The number of rotatable bonds is 6. The number of carboxylic acid groups (broad SMARTS) is 1. The lowest BCUT2D eigenvalue weighted by Gasteiger charge is -2.07. The summed E-state index contributed by atoms with van der Waals surface area (Å²) in [7, 11) is 0. The number of nitrogens with one attached hydrogen (secondary N) is 1. The predicted molar refractivity (Wildman–Crippen MR) is 114 cm³/mol. The van der Waals surface area contributed by atoms with E-state index in [1.54, 1.807) is 4.68 Å². The van der Waals surface area contributed by atoms with Gasteiger partial charge in [0.15, 0.2) is 5.82 Å². The molecule has 0 bridgehead atoms. The Morgan fingerprint density at radius 2 is 2.00 bits per heavy atom. The predicted octanol–water partition coefficient (Wildman–Crippen LogP) is 3.06. The molecular formula is C22H22N6O2. The monoisotopic (exact) mass is 402 g/mol. The van der Waals surface area contributed by atoms with Crippen molar-refractivity contribution in [2.24, 2.45) is 5.73 Å². The van der Waals surface area contributed by atoms with Gasteiger partial charge in [-0.2, -0.15) is 5.10 Å². The zero-order valence-electron chi connectivity index (χ0n) is 16.5. The molecule has 3 heterocycles. The van der Waals surface area contributed by atoms with Gasteiger partial charge in [0.05, 0.1) is 11.2 Å². The summed E-state index contributed by atoms with van der Waals surface area (Å²) in [5.74, 6) is 0.752. The SMILES string of the molecule is Cc1cccc(-n2cc3c(CN)cc(-c4cccc(CCNC(=O)O)n4)cc3n2)n1. The van der Waals surface area contributed by atoms with Crippen LogP contribution in [0.15, 0.2) is 54.7 Å². The van der Waals surface area contributed by atoms with Crippen molar-refractivity contribution in [2.45, 2.75) is 19.9 Å². The topological polar surface area (TPSA) is 119 Å². The van der Waals surface area contributed by atoms with Crippen molar-refractivity contribution in [1.82, 2.24) is 25.1 Å². The minimum absolute atomic E-state index is 0.312. The fraction of sp³-hybridized carbons (Fsp3) is 0.182. The third kappa shape index (κ3) is 4.13. The number of benzene rings is 1. The molecule has 8 nitrogen and oxygen atoms in total. The first-order valence-electron chi connectivity index (χ1n) is 9.63. The average Bonchev–Trinajstić information content (AvgIpc) is 3.17. The van der Waals surface area contributed by atoms with Crippen LogP contribution >= 0.6 is 0 Å². The van der Waals surface area contributed by atoms with Crippen molar-refractivity contribution in [3.63, 3.8) is 0 Å². The molecule has 0 aliphatic heterocycles. The molecule has 4 aromatic rings. The van der Waals surface area contributed by atoms with E-state index in [9.17, 15) is 4.79 Å². The van der Waals surface area contributed by atoms with E-state index in [4.69, 9.17) is 15.9 Å². The van der Waals surface area contributed by atoms with Gasteiger partial charge in [-0.3, -0.25) is 4.98 Å². The quantitative estimate of drug-likeness (QED) is 0.456. The summed E-state index contributed by atoms with van der Waals surface area (Å²) in [5, 5.41) is 16.8. The molecule has 1 amide bonds. The van der Waals surface area contributed by atoms with Gasteiger partial charge in [0.1, 0.15) is 0 Å². The molecular weight excluding hydrogens is 380 g/mol. The Labute approximate surface area is 173 Å². The first-order chi connectivity index (χ1) is 14.5. The lowest BCUT2D eigenvalue weighted by Crippen LogP contribution is -2.23. The number of hydrogen-bond acceptors (Lipinski definition) is 5. The molecule has 0 unspecified atom stereocenters. The summed E-state index contributed by atoms with van der Waals surface area (Å²) in [6.07, 6.45) is 1.42. The van der Waals surface area contributed by atoms with Crippen molar-refractivity contribution in [2.75, 3.05) is 6.54 Å². The van der Waals surface area contributed by atoms with Crippen LogP contribution in [0.4, 0.5) is 4.79 Å². The highest BCUT2D eigenvalue weighted by molar-refractivity contribution is 5.87. The van der Waals surface area contributed by atoms with Crippen molar-refractivity contribution in [3.8, 4) is 17.1 Å². The molecule has 0 aliphatic rings. The van der Waals surface area contributed by atoms with Crippen molar-refractivity contribution >= 4 is 17.0 Å². The fourth-order valence-corrected chi connectivity index (χ4v) is 3.36. The van der Waals surface area contributed by atoms with Crippen LogP contribution in [0.2, 0.25) is 0 Å². The Morgan fingerprint density at radius 3 is 2.77 bits per heavy atom. The van der Waals surface area contributed by atoms with Crippen LogP contribution in [0, 0.1) is 6.92 Å². The Kier molecular flexibility index (Phi) is 5.40. The summed E-state index contributed by atoms with van der Waals surface area (Å²) in [6, 6.07) is 15.6. The maximum absolute atomic E-state index is 10.6. The number of aromatic nitrogens is 4. The van der Waals surface area contributed by atoms with E-state index in [-0.39, 0.29) is 0 Å². The van der Waals surface area contributed by atoms with Gasteiger partial charge in [-0.15, -0.1) is 0 Å². The average molecular weight is 402 g/mol. The molecule has 3 aromatic heterocycles. The smallest absolute Gasteiger partial charge is 0.404 e. The Morgan fingerprint density at radius 1 is 1.17 bits per heavy atom. The number of carbonyl (C=O) groups is 1. The maximum atomic E-state index is 10.6. The molecule has 0 aliphatic carbocycles. The summed E-state index contributed by atoms with van der Waals surface area (Å²) < 4.78 is 1.77. The molecule has 8 heteroatoms. The van der Waals surface area contributed by atoms with E-state index in [2.05, 4.69) is 15.3 Å². The van der Waals surface area contributed by atoms with Gasteiger partial charge in [0, 0.05) is 48.0 Å². The highest BCUT2D eigenvalue weighted by atomic mass is 16.4. The first kappa shape index (κ1) is 19.5. The Bertz CT molecular complexity index is 1220. The van der Waals surface area contributed by atoms with Crippen LogP contribution in [-0.4, -0.2) is 37.5 Å². The van der Waals surface area contributed by atoms with Crippen LogP contribution in [0.3, 0.4) is 0 Å². The largest absolute Gasteiger partial charge is 0.465 e. The van der Waals surface area contributed by atoms with Gasteiger partial charge in [-0.05, 0) is 48.9 Å². The number of nitrogens with zero attached hydrogens (tertiary/aromatic N) is 4. The molecule has 1 aromatic carbocycles. The molecule has 0 fully saturated rings. The lowest BCUT2D eigenvalue weighted by molar-refractivity contribution is 0.194. The van der Waals surface area contributed by atoms with E-state index in [0.717, 1.165) is 44.9 Å². The molecule has 0 atom stereocenters. The van der Waals surface area contributed by atoms with E-state index in [1.165, 1.54) is 0 Å². The molecule has 152 valence electrons. The Balaban J connectivity index is 1.71. The van der Waals surface area contributed by atoms with Gasteiger partial charge in [0.2, 0.25) is 0 Å². The minimum atomic E-state index is -1.04. The normalized spacial score (nSPS) is 11.0. The van der Waals surface area contributed by atoms with E-state index < -0.39 is 6.09 Å². The standard InChI is InChI=1S/C22H22N6O2/c1-14-4-2-7-21(25-14)28-13-18-16(12-23)10-15(11-20(18)27-28)19-6-3-5-17(26-19)8-9-24-22(29)30/h2-7,10-11,13,24H,8-9,12,23H2,1H3,(H,29,30). The number of amides is 1. The van der Waals surface area contributed by atoms with Gasteiger partial charge < -0.3 is 16.2 Å². The second-order valence-corrected chi connectivity index (χ2v) is 6.98. The second-order valence-electron chi connectivity index (χ2n) is 6.98. The number of hydrogen-bond donors (Lipinski definition) is 3. The fourth-order valence-electron chi connectivity index (χ4n) is 3.36. The van der Waals surface area contributed by atoms with Crippen LogP contribution < -0.4 is 11.1 Å². The lowest BCUT2D eigenvalue weighted by atomic mass is 10.0. The minimum Gasteiger partial charge on any atom is -0.465 e. The summed E-state index contributed by atoms with van der Waals surface area (Å²) in [4.78, 5) is 19.9. The summed E-state index contributed by atoms with van der Waals surface area (Å²) >= 11 is 0. The van der Waals surface area contributed by atoms with E-state index in [1.807, 2.05) is 61.7 Å². The van der Waals surface area contributed by atoms with Crippen molar-refractivity contribution in [1.29, 1.82) is 0 Å². The highest BCUT2D eigenvalue weighted by Gasteiger charge is 2.12. The number of nitrogens with two attached hydrogens (primary N) is 1. The van der Waals surface area contributed by atoms with Crippen LogP contribution in [0.1, 0.15) is 17.0 Å². The van der Waals surface area contributed by atoms with Gasteiger partial charge in [0.25, 0.3) is 0 Å². The third-order valence-corrected chi connectivity index (χ3v) is 4.80. The molecule has 4 N–H and O–H groups in total. The molecule has 0 radical (unpaired) electrons. The molecule has 0 saturated heterocycles. The molecule has 30 heavy (non-hydrogen) atoms. The number of fused-ring (bicyclic) bond motifs is 1. The molecule has 0 saturated carbocycles. The van der Waals surface area contributed by atoms with E-state index >= 15 is 0 Å². The van der Waals surface area contributed by atoms with E-state index in [0.29, 0.717) is 19.5 Å². The van der Waals surface area contributed by atoms with Crippen molar-refractivity contribution < 1.29 is 9.90 Å². The Hall–Kier alpha value is -3.78. The summed E-state index contributed by atoms with van der Waals surface area (Å²) in [5.41, 5.74) is 11.3. The molecule has 0 spiro atoms. The highest BCUT2D eigenvalue weighted by Crippen LogP contribution is 2.27.